The summed E-state index contributed by atoms with van der Waals surface area (Å²) in [6, 6.07) is 8.02. The van der Waals surface area contributed by atoms with E-state index in [0.29, 0.717) is 6.54 Å². The first-order valence-electron chi connectivity index (χ1n) is 6.18. The average Bonchev–Trinajstić information content (AvgIpc) is 2.58. The Morgan fingerprint density at radius 1 is 1.42 bits per heavy atom. The number of fused-ring (bicyclic) bond motifs is 2. The van der Waals surface area contributed by atoms with Crippen molar-refractivity contribution in [1.82, 2.24) is 9.78 Å². The van der Waals surface area contributed by atoms with Gasteiger partial charge in [0.05, 0.1) is 12.2 Å². The summed E-state index contributed by atoms with van der Waals surface area (Å²) in [7, 11) is 1.88. The molecule has 2 aromatic rings. The molecule has 3 rings (SSSR count). The number of aromatic nitrogens is 2. The van der Waals surface area contributed by atoms with E-state index in [0.717, 1.165) is 35.1 Å². The summed E-state index contributed by atoms with van der Waals surface area (Å²) in [5.41, 5.74) is 3.05. The molecule has 4 heteroatoms. The molecule has 0 spiro atoms. The highest BCUT2D eigenvalue weighted by Gasteiger charge is 2.25. The number of aryl methyl sites for hydroxylation is 2. The van der Waals surface area contributed by atoms with Gasteiger partial charge >= 0.3 is 0 Å². The standard InChI is InChI=1S/C15H15N3O/c1-4-9-18-10-12-7-5-6-8-13(12)19-15-14(18)11(2)16-17(15)3/h1,5-8H,9-10H2,2-3H3. The van der Waals surface area contributed by atoms with Gasteiger partial charge in [-0.2, -0.15) is 5.10 Å². The Hall–Kier alpha value is -2.41. The van der Waals surface area contributed by atoms with Gasteiger partial charge in [-0.1, -0.05) is 24.1 Å². The van der Waals surface area contributed by atoms with Crippen molar-refractivity contribution in [3.63, 3.8) is 0 Å². The maximum absolute atomic E-state index is 6.02. The summed E-state index contributed by atoms with van der Waals surface area (Å²) >= 11 is 0. The van der Waals surface area contributed by atoms with Crippen molar-refractivity contribution in [2.24, 2.45) is 7.05 Å². The zero-order valence-electron chi connectivity index (χ0n) is 11.1. The van der Waals surface area contributed by atoms with Crippen molar-refractivity contribution in [2.75, 3.05) is 11.4 Å². The van der Waals surface area contributed by atoms with Gasteiger partial charge in [0.15, 0.2) is 0 Å². The molecule has 4 nitrogen and oxygen atoms in total. The Kier molecular flexibility index (Phi) is 2.68. The van der Waals surface area contributed by atoms with E-state index < -0.39 is 0 Å². The molecule has 1 aromatic carbocycles. The summed E-state index contributed by atoms with van der Waals surface area (Å²) in [4.78, 5) is 2.13. The Morgan fingerprint density at radius 3 is 3.00 bits per heavy atom. The quantitative estimate of drug-likeness (QED) is 0.731. The molecule has 0 saturated heterocycles. The van der Waals surface area contributed by atoms with Crippen LogP contribution in [0.4, 0.5) is 5.69 Å². The van der Waals surface area contributed by atoms with Crippen LogP contribution in [0.25, 0.3) is 0 Å². The summed E-state index contributed by atoms with van der Waals surface area (Å²) in [6.45, 7) is 3.25. The lowest BCUT2D eigenvalue weighted by Gasteiger charge is -2.19. The average molecular weight is 253 g/mol. The van der Waals surface area contributed by atoms with Crippen LogP contribution in [0.3, 0.4) is 0 Å². The van der Waals surface area contributed by atoms with Crippen molar-refractivity contribution >= 4 is 5.69 Å². The van der Waals surface area contributed by atoms with Crippen LogP contribution in [0.1, 0.15) is 11.3 Å². The van der Waals surface area contributed by atoms with Gasteiger partial charge in [0.2, 0.25) is 5.88 Å². The van der Waals surface area contributed by atoms with E-state index in [1.165, 1.54) is 0 Å². The molecule has 1 aliphatic rings. The first-order chi connectivity index (χ1) is 9.20. The van der Waals surface area contributed by atoms with E-state index in [1.54, 1.807) is 4.68 Å². The molecule has 0 atom stereocenters. The first-order valence-corrected chi connectivity index (χ1v) is 6.18. The van der Waals surface area contributed by atoms with Gasteiger partial charge in [-0.3, -0.25) is 0 Å². The zero-order valence-corrected chi connectivity index (χ0v) is 11.1. The predicted octanol–water partition coefficient (Wildman–Crippen LogP) is 2.47. The number of hydrogen-bond donors (Lipinski definition) is 0. The van der Waals surface area contributed by atoms with Crippen molar-refractivity contribution in [2.45, 2.75) is 13.5 Å². The molecule has 0 amide bonds. The Labute approximate surface area is 112 Å². The number of ether oxygens (including phenoxy) is 1. The van der Waals surface area contributed by atoms with Crippen molar-refractivity contribution in [3.8, 4) is 24.0 Å². The normalized spacial score (nSPS) is 13.0. The third-order valence-corrected chi connectivity index (χ3v) is 3.28. The summed E-state index contributed by atoms with van der Waals surface area (Å²) in [5.74, 6) is 4.32. The van der Waals surface area contributed by atoms with Crippen LogP contribution >= 0.6 is 0 Å². The SMILES string of the molecule is C#CCN1Cc2ccccc2Oc2c1c(C)nn2C. The molecule has 1 aromatic heterocycles. The van der Waals surface area contributed by atoms with Crippen LogP contribution in [0.15, 0.2) is 24.3 Å². The fourth-order valence-corrected chi connectivity index (χ4v) is 2.47. The number of rotatable bonds is 1. The number of anilines is 1. The molecule has 1 aliphatic heterocycles. The fourth-order valence-electron chi connectivity index (χ4n) is 2.47. The van der Waals surface area contributed by atoms with Crippen LogP contribution in [0.5, 0.6) is 11.6 Å². The third kappa shape index (κ3) is 1.84. The van der Waals surface area contributed by atoms with E-state index in [2.05, 4.69) is 22.0 Å². The Bertz CT molecular complexity index is 667. The number of nitrogens with zero attached hydrogens (tertiary/aromatic N) is 3. The van der Waals surface area contributed by atoms with Crippen molar-refractivity contribution in [1.29, 1.82) is 0 Å². The molecule has 2 heterocycles. The Morgan fingerprint density at radius 2 is 2.21 bits per heavy atom. The minimum absolute atomic E-state index is 0.539. The highest BCUT2D eigenvalue weighted by molar-refractivity contribution is 5.63. The highest BCUT2D eigenvalue weighted by atomic mass is 16.5. The lowest BCUT2D eigenvalue weighted by molar-refractivity contribution is 0.431. The van der Waals surface area contributed by atoms with Gasteiger partial charge in [-0.25, -0.2) is 4.68 Å². The number of hydrogen-bond acceptors (Lipinski definition) is 3. The van der Waals surface area contributed by atoms with Gasteiger partial charge in [-0.15, -0.1) is 6.42 Å². The molecule has 0 bridgehead atoms. The largest absolute Gasteiger partial charge is 0.437 e. The highest BCUT2D eigenvalue weighted by Crippen LogP contribution is 2.40. The van der Waals surface area contributed by atoms with Crippen molar-refractivity contribution < 1.29 is 4.74 Å². The lowest BCUT2D eigenvalue weighted by Crippen LogP contribution is -2.22. The van der Waals surface area contributed by atoms with Gasteiger partial charge in [0, 0.05) is 19.2 Å². The number of terminal acetylenes is 1. The van der Waals surface area contributed by atoms with E-state index in [-0.39, 0.29) is 0 Å². The summed E-state index contributed by atoms with van der Waals surface area (Å²) < 4.78 is 7.78. The fraction of sp³-hybridized carbons (Fsp3) is 0.267. The van der Waals surface area contributed by atoms with Crippen LogP contribution in [-0.2, 0) is 13.6 Å². The summed E-state index contributed by atoms with van der Waals surface area (Å²) in [6.07, 6.45) is 5.48. The molecule has 96 valence electrons. The van der Waals surface area contributed by atoms with Crippen LogP contribution in [0, 0.1) is 19.3 Å². The second-order valence-corrected chi connectivity index (χ2v) is 4.63. The minimum Gasteiger partial charge on any atom is -0.437 e. The maximum Gasteiger partial charge on any atom is 0.241 e. The molecule has 0 aliphatic carbocycles. The Balaban J connectivity index is 2.17. The van der Waals surface area contributed by atoms with E-state index >= 15 is 0 Å². The minimum atomic E-state index is 0.539. The number of benzene rings is 1. The van der Waals surface area contributed by atoms with Gasteiger partial charge in [0.1, 0.15) is 11.4 Å². The van der Waals surface area contributed by atoms with Gasteiger partial charge in [0.25, 0.3) is 0 Å². The molecule has 19 heavy (non-hydrogen) atoms. The molecule has 0 fully saturated rings. The molecular formula is C15H15N3O. The van der Waals surface area contributed by atoms with E-state index in [4.69, 9.17) is 11.2 Å². The maximum atomic E-state index is 6.02. The predicted molar refractivity (Wildman–Crippen MR) is 74.3 cm³/mol. The first kappa shape index (κ1) is 11.7. The lowest BCUT2D eigenvalue weighted by atomic mass is 10.2. The van der Waals surface area contributed by atoms with Gasteiger partial charge < -0.3 is 9.64 Å². The molecule has 0 radical (unpaired) electrons. The van der Waals surface area contributed by atoms with E-state index in [9.17, 15) is 0 Å². The molecule has 0 saturated carbocycles. The second-order valence-electron chi connectivity index (χ2n) is 4.63. The third-order valence-electron chi connectivity index (χ3n) is 3.28. The monoisotopic (exact) mass is 253 g/mol. The molecule has 0 unspecified atom stereocenters. The molecular weight excluding hydrogens is 238 g/mol. The topological polar surface area (TPSA) is 30.3 Å². The zero-order chi connectivity index (χ0) is 13.4. The number of para-hydroxylation sites is 1. The molecule has 0 N–H and O–H groups in total. The van der Waals surface area contributed by atoms with Crippen molar-refractivity contribution in [3.05, 3.63) is 35.5 Å². The van der Waals surface area contributed by atoms with Gasteiger partial charge in [-0.05, 0) is 13.0 Å². The van der Waals surface area contributed by atoms with E-state index in [1.807, 2.05) is 32.2 Å². The smallest absolute Gasteiger partial charge is 0.241 e. The van der Waals surface area contributed by atoms with Crippen LogP contribution < -0.4 is 9.64 Å². The second kappa shape index (κ2) is 4.36. The van der Waals surface area contributed by atoms with Crippen LogP contribution in [-0.4, -0.2) is 16.3 Å². The summed E-state index contributed by atoms with van der Waals surface area (Å²) in [5, 5.41) is 4.42. The van der Waals surface area contributed by atoms with Crippen LogP contribution in [0.2, 0.25) is 0 Å².